The molecular formula is C12H10F3NO. The van der Waals surface area contributed by atoms with Gasteiger partial charge in [-0.15, -0.1) is 0 Å². The van der Waals surface area contributed by atoms with Gasteiger partial charge in [0.05, 0.1) is 10.9 Å². The summed E-state index contributed by atoms with van der Waals surface area (Å²) in [4.78, 5) is 14.5. The van der Waals surface area contributed by atoms with Crippen LogP contribution in [0.15, 0.2) is 10.9 Å². The Hall–Kier alpha value is -1.78. The third kappa shape index (κ3) is 1.62. The Morgan fingerprint density at radius 3 is 2.47 bits per heavy atom. The van der Waals surface area contributed by atoms with Gasteiger partial charge in [0.2, 0.25) is 0 Å². The van der Waals surface area contributed by atoms with Crippen molar-refractivity contribution in [1.29, 1.82) is 0 Å². The van der Waals surface area contributed by atoms with Crippen LogP contribution in [0.25, 0.3) is 10.9 Å². The van der Waals surface area contributed by atoms with Gasteiger partial charge in [0.25, 0.3) is 0 Å². The van der Waals surface area contributed by atoms with Crippen LogP contribution >= 0.6 is 0 Å². The van der Waals surface area contributed by atoms with Crippen molar-refractivity contribution in [3.05, 3.63) is 45.0 Å². The molecule has 1 heterocycles. The molecule has 0 spiro atoms. The smallest absolute Gasteiger partial charge is 0.195 e. The first kappa shape index (κ1) is 11.7. The summed E-state index contributed by atoms with van der Waals surface area (Å²) in [6.07, 6.45) is 0.370. The minimum atomic E-state index is -1.36. The first-order chi connectivity index (χ1) is 7.97. The molecule has 0 aliphatic heterocycles. The van der Waals surface area contributed by atoms with Crippen molar-refractivity contribution < 1.29 is 13.2 Å². The van der Waals surface area contributed by atoms with E-state index in [1.807, 2.05) is 0 Å². The highest BCUT2D eigenvalue weighted by molar-refractivity contribution is 5.80. The lowest BCUT2D eigenvalue weighted by molar-refractivity contribution is 0.504. The van der Waals surface area contributed by atoms with E-state index >= 15 is 0 Å². The standard InChI is InChI=1S/C12H10F3NO/c1-3-6-5(2)16-11-8(14)4-7(13)10(15)9(11)12(6)17/h4H,3H2,1-2H3,(H,16,17). The van der Waals surface area contributed by atoms with Crippen LogP contribution in [0.4, 0.5) is 13.2 Å². The largest absolute Gasteiger partial charge is 0.356 e. The zero-order valence-electron chi connectivity index (χ0n) is 9.33. The Morgan fingerprint density at radius 2 is 1.88 bits per heavy atom. The molecular weight excluding hydrogens is 231 g/mol. The van der Waals surface area contributed by atoms with Gasteiger partial charge in [0.1, 0.15) is 0 Å². The van der Waals surface area contributed by atoms with E-state index in [4.69, 9.17) is 0 Å². The van der Waals surface area contributed by atoms with Crippen molar-refractivity contribution in [2.45, 2.75) is 20.3 Å². The number of fused-ring (bicyclic) bond motifs is 1. The van der Waals surface area contributed by atoms with Crippen molar-refractivity contribution in [3.63, 3.8) is 0 Å². The molecule has 0 bridgehead atoms. The number of benzene rings is 1. The molecule has 0 saturated heterocycles. The third-order valence-corrected chi connectivity index (χ3v) is 2.79. The van der Waals surface area contributed by atoms with Gasteiger partial charge < -0.3 is 4.98 Å². The van der Waals surface area contributed by atoms with Gasteiger partial charge in [0.15, 0.2) is 22.9 Å². The molecule has 0 radical (unpaired) electrons. The minimum Gasteiger partial charge on any atom is -0.356 e. The first-order valence-electron chi connectivity index (χ1n) is 5.16. The summed E-state index contributed by atoms with van der Waals surface area (Å²) in [5.74, 6) is -3.63. The molecule has 2 rings (SSSR count). The normalized spacial score (nSPS) is 11.1. The second-order valence-electron chi connectivity index (χ2n) is 3.82. The summed E-state index contributed by atoms with van der Waals surface area (Å²) in [7, 11) is 0. The molecule has 1 aromatic heterocycles. The van der Waals surface area contributed by atoms with Crippen LogP contribution in [0, 0.1) is 24.4 Å². The molecule has 1 aromatic carbocycles. The van der Waals surface area contributed by atoms with E-state index in [9.17, 15) is 18.0 Å². The van der Waals surface area contributed by atoms with Gasteiger partial charge in [-0.25, -0.2) is 13.2 Å². The molecule has 0 amide bonds. The van der Waals surface area contributed by atoms with Crippen molar-refractivity contribution in [2.24, 2.45) is 0 Å². The van der Waals surface area contributed by atoms with Crippen molar-refractivity contribution >= 4 is 10.9 Å². The molecule has 2 aromatic rings. The molecule has 5 heteroatoms. The summed E-state index contributed by atoms with van der Waals surface area (Å²) in [6, 6.07) is 0.429. The number of nitrogens with one attached hydrogen (secondary N) is 1. The van der Waals surface area contributed by atoms with Crippen molar-refractivity contribution in [2.75, 3.05) is 0 Å². The lowest BCUT2D eigenvalue weighted by Gasteiger charge is -2.08. The summed E-state index contributed by atoms with van der Waals surface area (Å²) in [6.45, 7) is 3.32. The fourth-order valence-corrected chi connectivity index (χ4v) is 1.94. The zero-order chi connectivity index (χ0) is 12.7. The molecule has 0 aliphatic carbocycles. The van der Waals surface area contributed by atoms with Gasteiger partial charge in [0, 0.05) is 17.3 Å². The fraction of sp³-hybridized carbons (Fsp3) is 0.250. The number of aromatic nitrogens is 1. The summed E-state index contributed by atoms with van der Waals surface area (Å²) < 4.78 is 40.0. The molecule has 17 heavy (non-hydrogen) atoms. The van der Waals surface area contributed by atoms with Crippen molar-refractivity contribution in [1.82, 2.24) is 4.98 Å². The number of pyridine rings is 1. The highest BCUT2D eigenvalue weighted by atomic mass is 19.2. The quantitative estimate of drug-likeness (QED) is 0.765. The van der Waals surface area contributed by atoms with Crippen LogP contribution in [0.1, 0.15) is 18.2 Å². The van der Waals surface area contributed by atoms with Crippen molar-refractivity contribution in [3.8, 4) is 0 Å². The van der Waals surface area contributed by atoms with Crippen LogP contribution in [0.3, 0.4) is 0 Å². The van der Waals surface area contributed by atoms with Gasteiger partial charge in [-0.05, 0) is 13.3 Å². The van der Waals surface area contributed by atoms with E-state index in [1.54, 1.807) is 13.8 Å². The third-order valence-electron chi connectivity index (χ3n) is 2.79. The monoisotopic (exact) mass is 241 g/mol. The second-order valence-corrected chi connectivity index (χ2v) is 3.82. The second kappa shape index (κ2) is 3.91. The topological polar surface area (TPSA) is 32.9 Å². The number of halogens is 3. The first-order valence-corrected chi connectivity index (χ1v) is 5.16. The number of aryl methyl sites for hydroxylation is 1. The molecule has 0 aliphatic rings. The lowest BCUT2D eigenvalue weighted by atomic mass is 10.1. The van der Waals surface area contributed by atoms with Crippen LogP contribution in [0.2, 0.25) is 0 Å². The van der Waals surface area contributed by atoms with Gasteiger partial charge >= 0.3 is 0 Å². The lowest BCUT2D eigenvalue weighted by Crippen LogP contribution is -2.15. The van der Waals surface area contributed by atoms with E-state index < -0.39 is 28.3 Å². The minimum absolute atomic E-state index is 0.288. The summed E-state index contributed by atoms with van der Waals surface area (Å²) >= 11 is 0. The Balaban J connectivity index is 3.08. The van der Waals surface area contributed by atoms with Gasteiger partial charge in [-0.1, -0.05) is 6.92 Å². The van der Waals surface area contributed by atoms with Crippen LogP contribution in [-0.4, -0.2) is 4.98 Å². The summed E-state index contributed by atoms with van der Waals surface area (Å²) in [5, 5.41) is -0.551. The Bertz CT molecular complexity index is 661. The van der Waals surface area contributed by atoms with E-state index in [2.05, 4.69) is 4.98 Å². The van der Waals surface area contributed by atoms with Crippen LogP contribution in [0.5, 0.6) is 0 Å². The van der Waals surface area contributed by atoms with Crippen LogP contribution < -0.4 is 5.43 Å². The molecule has 0 atom stereocenters. The van der Waals surface area contributed by atoms with E-state index in [0.29, 0.717) is 23.7 Å². The fourth-order valence-electron chi connectivity index (χ4n) is 1.94. The zero-order valence-corrected chi connectivity index (χ0v) is 9.33. The number of hydrogen-bond acceptors (Lipinski definition) is 1. The molecule has 0 unspecified atom stereocenters. The molecule has 0 saturated carbocycles. The highest BCUT2D eigenvalue weighted by Crippen LogP contribution is 2.20. The maximum Gasteiger partial charge on any atom is 0.195 e. The van der Waals surface area contributed by atoms with Gasteiger partial charge in [-0.3, -0.25) is 4.79 Å². The van der Waals surface area contributed by atoms with Gasteiger partial charge in [-0.2, -0.15) is 0 Å². The molecule has 2 nitrogen and oxygen atoms in total. The molecule has 0 fully saturated rings. The maximum atomic E-state index is 13.5. The Kier molecular flexibility index (Phi) is 2.69. The van der Waals surface area contributed by atoms with E-state index in [0.717, 1.165) is 0 Å². The van der Waals surface area contributed by atoms with E-state index in [-0.39, 0.29) is 5.52 Å². The average Bonchev–Trinajstić information content (AvgIpc) is 2.26. The van der Waals surface area contributed by atoms with E-state index in [1.165, 1.54) is 0 Å². The predicted molar refractivity (Wildman–Crippen MR) is 58.6 cm³/mol. The maximum absolute atomic E-state index is 13.5. The number of hydrogen-bond donors (Lipinski definition) is 1. The average molecular weight is 241 g/mol. The molecule has 1 N–H and O–H groups in total. The SMILES string of the molecule is CCc1c(C)[nH]c2c(F)cc(F)c(F)c2c1=O. The van der Waals surface area contributed by atoms with Crippen LogP contribution in [-0.2, 0) is 6.42 Å². The number of aromatic amines is 1. The molecule has 90 valence electrons. The number of H-pyrrole nitrogens is 1. The highest BCUT2D eigenvalue weighted by Gasteiger charge is 2.18. The predicted octanol–water partition coefficient (Wildman–Crippen LogP) is 2.82. The summed E-state index contributed by atoms with van der Waals surface area (Å²) in [5.41, 5.74) is -0.144. The number of rotatable bonds is 1. The Morgan fingerprint density at radius 1 is 1.24 bits per heavy atom. The Labute approximate surface area is 95.1 Å².